The largest absolute Gasteiger partial charge is 0.463 e. The van der Waals surface area contributed by atoms with E-state index in [0.717, 1.165) is 88.4 Å². The van der Waals surface area contributed by atoms with Crippen LogP contribution in [0.2, 0.25) is 0 Å². The number of nitrogens with one attached hydrogen (secondary N) is 3. The molecule has 2 aromatic heterocycles. The molecule has 340 valence electrons. The van der Waals surface area contributed by atoms with Crippen molar-refractivity contribution in [3.8, 4) is 0 Å². The van der Waals surface area contributed by atoms with Gasteiger partial charge in [-0.1, -0.05) is 70.4 Å². The molecule has 0 radical (unpaired) electrons. The van der Waals surface area contributed by atoms with Gasteiger partial charge in [-0.25, -0.2) is 14.2 Å². The molecule has 7 N–H and O–H groups in total. The molecular formula is C42H71N7O11. The Bertz CT molecular complexity index is 1730. The van der Waals surface area contributed by atoms with Gasteiger partial charge in [-0.05, 0) is 85.4 Å². The Hall–Kier alpha value is -4.26. The van der Waals surface area contributed by atoms with Crippen LogP contribution in [0.5, 0.6) is 0 Å². The van der Waals surface area contributed by atoms with Crippen LogP contribution in [0.15, 0.2) is 21.7 Å². The smallest absolute Gasteiger partial charge is 0.407 e. The number of hydrogen-bond donors (Lipinski definition) is 6. The summed E-state index contributed by atoms with van der Waals surface area (Å²) in [6.45, 7) is 10.7. The molecule has 1 amide bonds. The average Bonchev–Trinajstić information content (AvgIpc) is 3.66. The van der Waals surface area contributed by atoms with Crippen molar-refractivity contribution in [2.75, 3.05) is 45.1 Å². The summed E-state index contributed by atoms with van der Waals surface area (Å²) in [5.41, 5.74) is 3.26. The van der Waals surface area contributed by atoms with E-state index in [-0.39, 0.29) is 36.1 Å². The van der Waals surface area contributed by atoms with E-state index in [1.165, 1.54) is 25.7 Å². The number of ether oxygens (including phenoxy) is 4. The van der Waals surface area contributed by atoms with Crippen molar-refractivity contribution in [2.24, 2.45) is 0 Å². The number of imidazole rings is 1. The van der Waals surface area contributed by atoms with Crippen LogP contribution in [0.3, 0.4) is 0 Å². The van der Waals surface area contributed by atoms with Crippen molar-refractivity contribution in [2.45, 2.75) is 167 Å². The van der Waals surface area contributed by atoms with Crippen LogP contribution in [0.4, 0.5) is 10.7 Å². The molecule has 60 heavy (non-hydrogen) atoms. The van der Waals surface area contributed by atoms with E-state index >= 15 is 0 Å². The van der Waals surface area contributed by atoms with Crippen LogP contribution in [-0.2, 0) is 28.5 Å². The summed E-state index contributed by atoms with van der Waals surface area (Å²) in [6.07, 6.45) is 13.6. The Morgan fingerprint density at radius 2 is 1.47 bits per heavy atom. The number of fused-ring (bicyclic) bond motifs is 1. The molecule has 18 heteroatoms. The zero-order valence-electron chi connectivity index (χ0n) is 36.2. The van der Waals surface area contributed by atoms with Crippen LogP contribution in [0.25, 0.3) is 11.2 Å². The van der Waals surface area contributed by atoms with E-state index in [4.69, 9.17) is 24.7 Å². The molecule has 0 spiro atoms. The number of hydrogen-bond acceptors (Lipinski definition) is 14. The monoisotopic (exact) mass is 850 g/mol. The number of esters is 2. The lowest BCUT2D eigenvalue weighted by molar-refractivity contribution is -0.150. The Balaban J connectivity index is 1.33. The summed E-state index contributed by atoms with van der Waals surface area (Å²) in [7, 11) is 0. The summed E-state index contributed by atoms with van der Waals surface area (Å²) >= 11 is 0. The van der Waals surface area contributed by atoms with Gasteiger partial charge in [0.1, 0.15) is 37.1 Å². The quantitative estimate of drug-likeness (QED) is 0.0280. The molecule has 0 saturated carbocycles. The van der Waals surface area contributed by atoms with Gasteiger partial charge in [0.25, 0.3) is 5.56 Å². The fourth-order valence-corrected chi connectivity index (χ4v) is 6.92. The fourth-order valence-electron chi connectivity index (χ4n) is 6.92. The first-order chi connectivity index (χ1) is 28.7. The van der Waals surface area contributed by atoms with E-state index in [0.29, 0.717) is 26.0 Å². The molecular weight excluding hydrogens is 778 g/mol. The van der Waals surface area contributed by atoms with Crippen LogP contribution >= 0.6 is 0 Å². The lowest BCUT2D eigenvalue weighted by Gasteiger charge is -2.23. The van der Waals surface area contributed by atoms with E-state index in [1.54, 1.807) is 0 Å². The zero-order valence-corrected chi connectivity index (χ0v) is 36.2. The summed E-state index contributed by atoms with van der Waals surface area (Å²) in [4.78, 5) is 72.5. The van der Waals surface area contributed by atoms with E-state index in [9.17, 15) is 34.2 Å². The molecule has 1 aliphatic rings. The lowest BCUT2D eigenvalue weighted by Crippen LogP contribution is -2.35. The molecule has 2 unspecified atom stereocenters. The lowest BCUT2D eigenvalue weighted by atomic mass is 10.1. The fraction of sp³-hybridized carbons (Fsp3) is 0.762. The minimum absolute atomic E-state index is 0.138. The van der Waals surface area contributed by atoms with E-state index in [1.807, 2.05) is 26.8 Å². The number of nitrogens with zero attached hydrogens (tertiary/aromatic N) is 3. The van der Waals surface area contributed by atoms with Gasteiger partial charge in [-0.2, -0.15) is 4.98 Å². The van der Waals surface area contributed by atoms with Gasteiger partial charge in [0.05, 0.1) is 0 Å². The number of alkyl carbamates (subject to hydrolysis) is 1. The Labute approximate surface area is 352 Å². The van der Waals surface area contributed by atoms with Crippen molar-refractivity contribution < 1.29 is 43.5 Å². The van der Waals surface area contributed by atoms with Gasteiger partial charge in [0, 0.05) is 19.4 Å². The molecule has 3 heterocycles. The van der Waals surface area contributed by atoms with Gasteiger partial charge >= 0.3 is 23.7 Å². The van der Waals surface area contributed by atoms with Crippen molar-refractivity contribution >= 4 is 35.1 Å². The molecule has 1 fully saturated rings. The van der Waals surface area contributed by atoms with E-state index in [2.05, 4.69) is 38.2 Å². The maximum atomic E-state index is 12.6. The average molecular weight is 850 g/mol. The van der Waals surface area contributed by atoms with Crippen LogP contribution in [-0.4, -0.2) is 116 Å². The molecule has 3 rings (SSSR count). The van der Waals surface area contributed by atoms with Gasteiger partial charge < -0.3 is 45.1 Å². The highest BCUT2D eigenvalue weighted by Gasteiger charge is 2.45. The second-order valence-electron chi connectivity index (χ2n) is 16.5. The molecule has 1 aliphatic heterocycles. The molecule has 0 aromatic carbocycles. The highest BCUT2D eigenvalue weighted by molar-refractivity contribution is 5.71. The van der Waals surface area contributed by atoms with Gasteiger partial charge in [0.2, 0.25) is 5.95 Å². The number of H-pyrrole nitrogens is 2. The number of aromatic nitrogens is 4. The minimum Gasteiger partial charge on any atom is -0.463 e. The molecule has 1 saturated heterocycles. The Morgan fingerprint density at radius 1 is 0.850 bits per heavy atom. The Morgan fingerprint density at radius 3 is 2.15 bits per heavy atom. The van der Waals surface area contributed by atoms with Crippen molar-refractivity contribution in [3.05, 3.63) is 33.0 Å². The predicted molar refractivity (Wildman–Crippen MR) is 227 cm³/mol. The third kappa shape index (κ3) is 18.6. The number of anilines is 1. The molecule has 4 atom stereocenters. The number of carbonyl (C=O) groups is 3. The van der Waals surface area contributed by atoms with Crippen molar-refractivity contribution in [3.63, 3.8) is 0 Å². The van der Waals surface area contributed by atoms with Crippen LogP contribution in [0.1, 0.15) is 143 Å². The number of aromatic amines is 2. The van der Waals surface area contributed by atoms with Gasteiger partial charge in [0.15, 0.2) is 17.4 Å². The van der Waals surface area contributed by atoms with Crippen LogP contribution < -0.4 is 22.3 Å². The molecule has 0 aliphatic carbocycles. The minimum atomic E-state index is -1.58. The predicted octanol–water partition coefficient (Wildman–Crippen LogP) is 4.74. The number of allylic oxidation sites excluding steroid dienone is 1. The molecule has 0 bridgehead atoms. The number of aliphatic hydroxyl groups is 2. The summed E-state index contributed by atoms with van der Waals surface area (Å²) in [5.74, 6) is -0.876. The Kier molecular flexibility index (Phi) is 22.4. The topological polar surface area (TPSA) is 253 Å². The highest BCUT2D eigenvalue weighted by atomic mass is 16.6. The van der Waals surface area contributed by atoms with Crippen LogP contribution in [0, 0.1) is 0 Å². The number of nitrogens with two attached hydrogens (primary N) is 1. The third-order valence-corrected chi connectivity index (χ3v) is 10.1. The number of amides is 1. The van der Waals surface area contributed by atoms with Gasteiger partial charge in [-0.15, -0.1) is 0 Å². The molecule has 18 nitrogen and oxygen atoms in total. The number of carbonyl (C=O) groups excluding carboxylic acids is 3. The third-order valence-electron chi connectivity index (χ3n) is 10.1. The second-order valence-corrected chi connectivity index (χ2v) is 16.5. The summed E-state index contributed by atoms with van der Waals surface area (Å²) in [6, 6.07) is 0. The van der Waals surface area contributed by atoms with Gasteiger partial charge in [-0.3, -0.25) is 24.4 Å². The number of unbranched alkanes of at least 4 members (excludes halogenated alkanes) is 11. The summed E-state index contributed by atoms with van der Waals surface area (Å²) in [5, 5.41) is 24.1. The second kappa shape index (κ2) is 26.8. The number of rotatable bonds is 29. The van der Waals surface area contributed by atoms with Crippen molar-refractivity contribution in [1.29, 1.82) is 0 Å². The first kappa shape index (κ1) is 50.1. The molecule has 2 aromatic rings. The number of aliphatic hydroxyl groups excluding tert-OH is 2. The standard InChI is InChI=1S/C42H71N7O11/c1-5-6-7-8-11-14-20-28-57-31(50)22-16-12-9-10-13-18-25-48(27-21-24-44-41(56)60-42(2,3)4)26-19-15-17-23-32(51)58-29-30-34(52)35(53)38(59-30)49-36-33(45-40(49)55)37(54)47-39(43)46-36/h14,20,30,34-35,38,52-53H,5-13,15-19,21-29H2,1-4H3,(H,44,56)(H,45,55)(H3,43,46,47,54)/b20-14+/t30-,34?,35?,38-/m0/s1. The highest BCUT2D eigenvalue weighted by Crippen LogP contribution is 2.30. The SMILES string of the molecule is CCCCCC/C=C/COC(=O)CCCCCCCCN(CCCCCC(=O)OC[C@@H]1O[C@H](n2c(=O)[nH]c3c(=O)[nH]c(N)nc32)C(O)C1O)CCCNC(=O)OC(C)(C)C. The first-order valence-corrected chi connectivity index (χ1v) is 21.9. The first-order valence-electron chi connectivity index (χ1n) is 21.9. The van der Waals surface area contributed by atoms with Crippen molar-refractivity contribution in [1.82, 2.24) is 29.7 Å². The zero-order chi connectivity index (χ0) is 43.9. The summed E-state index contributed by atoms with van der Waals surface area (Å²) < 4.78 is 22.6. The van der Waals surface area contributed by atoms with E-state index < -0.39 is 53.5 Å². The normalized spacial score (nSPS) is 18.1. The maximum absolute atomic E-state index is 12.6. The maximum Gasteiger partial charge on any atom is 0.407 e. The number of nitrogen functional groups attached to an aromatic ring is 1.